The van der Waals surface area contributed by atoms with Crippen molar-refractivity contribution in [3.8, 4) is 0 Å². The summed E-state index contributed by atoms with van der Waals surface area (Å²) in [5.74, 6) is -0.453. The summed E-state index contributed by atoms with van der Waals surface area (Å²) in [5.41, 5.74) is 11.6. The Kier molecular flexibility index (Phi) is 6.02. The molecule has 2 amide bonds. The Balaban J connectivity index is 2.74. The fourth-order valence-corrected chi connectivity index (χ4v) is 1.71. The highest BCUT2D eigenvalue weighted by Gasteiger charge is 2.16. The van der Waals surface area contributed by atoms with Gasteiger partial charge in [0.2, 0.25) is 11.8 Å². The molecule has 4 N–H and O–H groups in total. The lowest BCUT2D eigenvalue weighted by Gasteiger charge is -2.22. The fraction of sp³-hybridized carbons (Fsp3) is 0.429. The lowest BCUT2D eigenvalue weighted by molar-refractivity contribution is -0.119. The lowest BCUT2D eigenvalue weighted by atomic mass is 10.1. The summed E-state index contributed by atoms with van der Waals surface area (Å²) in [5, 5.41) is 0. The SMILES string of the molecule is CC(N)CCC(=O)N(CCC(N)=O)c1ccccc1. The molecule has 19 heavy (non-hydrogen) atoms. The Morgan fingerprint density at radius 2 is 1.84 bits per heavy atom. The number of nitrogens with zero attached hydrogens (tertiary/aromatic N) is 1. The molecule has 0 spiro atoms. The number of para-hydroxylation sites is 1. The molecule has 0 heterocycles. The minimum Gasteiger partial charge on any atom is -0.370 e. The zero-order valence-electron chi connectivity index (χ0n) is 11.2. The molecular formula is C14H21N3O2. The van der Waals surface area contributed by atoms with Crippen LogP contribution in [0.1, 0.15) is 26.2 Å². The molecule has 0 radical (unpaired) electrons. The van der Waals surface area contributed by atoms with E-state index >= 15 is 0 Å². The van der Waals surface area contributed by atoms with Crippen LogP contribution in [0, 0.1) is 0 Å². The molecule has 0 aliphatic rings. The number of carbonyl (C=O) groups excluding carboxylic acids is 2. The van der Waals surface area contributed by atoms with E-state index in [0.29, 0.717) is 19.4 Å². The van der Waals surface area contributed by atoms with Gasteiger partial charge in [-0.25, -0.2) is 0 Å². The van der Waals surface area contributed by atoms with Crippen molar-refractivity contribution in [2.45, 2.75) is 32.2 Å². The molecule has 0 aromatic heterocycles. The molecule has 1 aromatic rings. The molecule has 1 unspecified atom stereocenters. The first-order valence-electron chi connectivity index (χ1n) is 6.40. The molecule has 0 bridgehead atoms. The van der Waals surface area contributed by atoms with Crippen LogP contribution in [0.2, 0.25) is 0 Å². The van der Waals surface area contributed by atoms with E-state index in [1.165, 1.54) is 0 Å². The van der Waals surface area contributed by atoms with Gasteiger partial charge in [0, 0.05) is 31.1 Å². The molecule has 1 atom stereocenters. The maximum Gasteiger partial charge on any atom is 0.227 e. The second-order valence-electron chi connectivity index (χ2n) is 4.61. The Bertz CT molecular complexity index is 418. The van der Waals surface area contributed by atoms with Gasteiger partial charge in [-0.2, -0.15) is 0 Å². The zero-order chi connectivity index (χ0) is 14.3. The highest BCUT2D eigenvalue weighted by atomic mass is 16.2. The minimum atomic E-state index is -0.416. The molecule has 0 saturated heterocycles. The number of benzene rings is 1. The normalized spacial score (nSPS) is 11.9. The molecule has 104 valence electrons. The molecule has 0 fully saturated rings. The number of hydrogen-bond acceptors (Lipinski definition) is 3. The third-order valence-corrected chi connectivity index (χ3v) is 2.76. The van der Waals surface area contributed by atoms with Crippen molar-refractivity contribution in [2.24, 2.45) is 11.5 Å². The first-order chi connectivity index (χ1) is 9.00. The van der Waals surface area contributed by atoms with E-state index in [0.717, 1.165) is 5.69 Å². The van der Waals surface area contributed by atoms with Crippen molar-refractivity contribution >= 4 is 17.5 Å². The Labute approximate surface area is 113 Å². The van der Waals surface area contributed by atoms with Gasteiger partial charge in [0.05, 0.1) is 0 Å². The van der Waals surface area contributed by atoms with Crippen LogP contribution in [0.15, 0.2) is 30.3 Å². The maximum absolute atomic E-state index is 12.2. The minimum absolute atomic E-state index is 0.0160. The van der Waals surface area contributed by atoms with Crippen LogP contribution in [0.5, 0.6) is 0 Å². The van der Waals surface area contributed by atoms with Gasteiger partial charge in [0.1, 0.15) is 0 Å². The van der Waals surface area contributed by atoms with Crippen LogP contribution in [-0.2, 0) is 9.59 Å². The standard InChI is InChI=1S/C14H21N3O2/c1-11(15)7-8-14(19)17(10-9-13(16)18)12-5-3-2-4-6-12/h2-6,11H,7-10,15H2,1H3,(H2,16,18). The van der Waals surface area contributed by atoms with Gasteiger partial charge in [-0.05, 0) is 25.5 Å². The van der Waals surface area contributed by atoms with Crippen molar-refractivity contribution in [2.75, 3.05) is 11.4 Å². The number of amides is 2. The number of nitrogens with two attached hydrogens (primary N) is 2. The number of anilines is 1. The van der Waals surface area contributed by atoms with E-state index in [2.05, 4.69) is 0 Å². The van der Waals surface area contributed by atoms with E-state index in [1.54, 1.807) is 4.90 Å². The third kappa shape index (κ3) is 5.52. The smallest absolute Gasteiger partial charge is 0.227 e. The van der Waals surface area contributed by atoms with Crippen LogP contribution in [0.25, 0.3) is 0 Å². The van der Waals surface area contributed by atoms with Crippen molar-refractivity contribution in [1.29, 1.82) is 0 Å². The summed E-state index contributed by atoms with van der Waals surface area (Å²) in [6.07, 6.45) is 1.14. The van der Waals surface area contributed by atoms with Gasteiger partial charge in [-0.3, -0.25) is 9.59 Å². The fourth-order valence-electron chi connectivity index (χ4n) is 1.71. The molecule has 0 aliphatic carbocycles. The average molecular weight is 263 g/mol. The number of rotatable bonds is 7. The predicted octanol–water partition coefficient (Wildman–Crippen LogP) is 1.02. The first kappa shape index (κ1) is 15.2. The van der Waals surface area contributed by atoms with Gasteiger partial charge >= 0.3 is 0 Å². The maximum atomic E-state index is 12.2. The second-order valence-corrected chi connectivity index (χ2v) is 4.61. The third-order valence-electron chi connectivity index (χ3n) is 2.76. The van der Waals surface area contributed by atoms with Crippen molar-refractivity contribution < 1.29 is 9.59 Å². The molecule has 5 nitrogen and oxygen atoms in total. The largest absolute Gasteiger partial charge is 0.370 e. The molecule has 1 rings (SSSR count). The summed E-state index contributed by atoms with van der Waals surface area (Å²) in [6.45, 7) is 2.17. The second kappa shape index (κ2) is 7.53. The Morgan fingerprint density at radius 1 is 1.21 bits per heavy atom. The van der Waals surface area contributed by atoms with Crippen LogP contribution in [-0.4, -0.2) is 24.4 Å². The van der Waals surface area contributed by atoms with E-state index < -0.39 is 5.91 Å². The predicted molar refractivity (Wildman–Crippen MR) is 75.5 cm³/mol. The van der Waals surface area contributed by atoms with Crippen LogP contribution < -0.4 is 16.4 Å². The van der Waals surface area contributed by atoms with Crippen molar-refractivity contribution in [3.63, 3.8) is 0 Å². The Hall–Kier alpha value is -1.88. The van der Waals surface area contributed by atoms with Gasteiger partial charge < -0.3 is 16.4 Å². The number of carbonyl (C=O) groups is 2. The number of hydrogen-bond donors (Lipinski definition) is 2. The molecule has 0 saturated carbocycles. The van der Waals surface area contributed by atoms with Crippen LogP contribution in [0.3, 0.4) is 0 Å². The van der Waals surface area contributed by atoms with Crippen LogP contribution >= 0.6 is 0 Å². The summed E-state index contributed by atoms with van der Waals surface area (Å²) < 4.78 is 0. The van der Waals surface area contributed by atoms with Gasteiger partial charge in [0.15, 0.2) is 0 Å². The van der Waals surface area contributed by atoms with Crippen LogP contribution in [0.4, 0.5) is 5.69 Å². The van der Waals surface area contributed by atoms with E-state index in [1.807, 2.05) is 37.3 Å². The number of primary amides is 1. The zero-order valence-corrected chi connectivity index (χ0v) is 11.2. The van der Waals surface area contributed by atoms with Crippen molar-refractivity contribution in [1.82, 2.24) is 0 Å². The van der Waals surface area contributed by atoms with E-state index in [9.17, 15) is 9.59 Å². The van der Waals surface area contributed by atoms with Gasteiger partial charge in [-0.1, -0.05) is 18.2 Å². The quantitative estimate of drug-likeness (QED) is 0.769. The van der Waals surface area contributed by atoms with E-state index in [4.69, 9.17) is 11.5 Å². The summed E-state index contributed by atoms with van der Waals surface area (Å²) in [7, 11) is 0. The highest BCUT2D eigenvalue weighted by Crippen LogP contribution is 2.15. The van der Waals surface area contributed by atoms with Crippen molar-refractivity contribution in [3.05, 3.63) is 30.3 Å². The molecule has 1 aromatic carbocycles. The van der Waals surface area contributed by atoms with Gasteiger partial charge in [0.25, 0.3) is 0 Å². The topological polar surface area (TPSA) is 89.4 Å². The highest BCUT2D eigenvalue weighted by molar-refractivity contribution is 5.94. The molecule has 0 aliphatic heterocycles. The summed E-state index contributed by atoms with van der Waals surface area (Å²) in [4.78, 5) is 24.7. The summed E-state index contributed by atoms with van der Waals surface area (Å²) >= 11 is 0. The monoisotopic (exact) mass is 263 g/mol. The molecule has 5 heteroatoms. The summed E-state index contributed by atoms with van der Waals surface area (Å²) in [6, 6.07) is 9.24. The molecular weight excluding hydrogens is 242 g/mol. The first-order valence-corrected chi connectivity index (χ1v) is 6.40. The van der Waals surface area contributed by atoms with E-state index in [-0.39, 0.29) is 18.4 Å². The van der Waals surface area contributed by atoms with Gasteiger partial charge in [-0.15, -0.1) is 0 Å². The average Bonchev–Trinajstić information content (AvgIpc) is 2.37. The lowest BCUT2D eigenvalue weighted by Crippen LogP contribution is -2.34. The Morgan fingerprint density at radius 3 is 2.37 bits per heavy atom.